The van der Waals surface area contributed by atoms with E-state index in [2.05, 4.69) is 26.1 Å². The summed E-state index contributed by atoms with van der Waals surface area (Å²) in [6.07, 6.45) is 4.36. The number of nitrogens with zero attached hydrogens (tertiary/aromatic N) is 1. The van der Waals surface area contributed by atoms with Crippen molar-refractivity contribution in [1.29, 1.82) is 0 Å². The van der Waals surface area contributed by atoms with Gasteiger partial charge in [-0.1, -0.05) is 36.4 Å². The topological polar surface area (TPSA) is 163 Å². The quantitative estimate of drug-likeness (QED) is 0.144. The minimum Gasteiger partial charge on any atom is -0.478 e. The number of nitrogens with one attached hydrogen (secondary N) is 4. The highest BCUT2D eigenvalue weighted by molar-refractivity contribution is 5.99. The van der Waals surface area contributed by atoms with Gasteiger partial charge in [-0.2, -0.15) is 5.10 Å². The predicted octanol–water partition coefficient (Wildman–Crippen LogP) is 5.93. The zero-order chi connectivity index (χ0) is 33.6. The summed E-state index contributed by atoms with van der Waals surface area (Å²) < 4.78 is 5.33. The molecule has 0 saturated heterocycles. The van der Waals surface area contributed by atoms with Crippen molar-refractivity contribution >= 4 is 40.5 Å². The molecule has 11 heteroatoms. The number of carbonyl (C=O) groups is 4. The Bertz CT molecular complexity index is 1730. The molecule has 11 nitrogen and oxygen atoms in total. The van der Waals surface area contributed by atoms with Crippen LogP contribution in [0.15, 0.2) is 72.9 Å². The molecule has 0 spiro atoms. The van der Waals surface area contributed by atoms with Crippen molar-refractivity contribution < 1.29 is 29.0 Å². The number of alkyl carbamates (subject to hydrolysis) is 1. The summed E-state index contributed by atoms with van der Waals surface area (Å²) in [5.41, 5.74) is 3.54. The lowest BCUT2D eigenvalue weighted by atomic mass is 9.81. The molecule has 4 aromatic rings. The number of anilines is 1. The van der Waals surface area contributed by atoms with Crippen LogP contribution in [-0.4, -0.2) is 57.4 Å². The van der Waals surface area contributed by atoms with Gasteiger partial charge >= 0.3 is 12.1 Å². The molecule has 0 radical (unpaired) electrons. The Balaban J connectivity index is 1.26. The SMILES string of the molecule is CC(C)(C)OC(=O)NCC1CCC(C(=O)N[C@@H](Cc2cccc(-c3ccc(C(=O)O)cc3)c2)C(=O)Nc2ccc3cn[nH]c3c2)CC1. The van der Waals surface area contributed by atoms with Crippen LogP contribution in [0.1, 0.15) is 62.4 Å². The first kappa shape index (κ1) is 33.2. The molecule has 0 aliphatic heterocycles. The Labute approximate surface area is 273 Å². The molecule has 5 rings (SSSR count). The second-order valence-electron chi connectivity index (χ2n) is 13.1. The fourth-order valence-corrected chi connectivity index (χ4v) is 5.83. The summed E-state index contributed by atoms with van der Waals surface area (Å²) in [6.45, 7) is 5.95. The van der Waals surface area contributed by atoms with Gasteiger partial charge in [0, 0.05) is 30.0 Å². The van der Waals surface area contributed by atoms with E-state index in [1.807, 2.05) is 51.1 Å². The van der Waals surface area contributed by atoms with E-state index in [4.69, 9.17) is 4.74 Å². The molecule has 1 heterocycles. The van der Waals surface area contributed by atoms with E-state index in [1.54, 1.807) is 42.6 Å². The van der Waals surface area contributed by atoms with Gasteiger partial charge in [-0.25, -0.2) is 9.59 Å². The fraction of sp³-hybridized carbons (Fsp3) is 0.361. The Morgan fingerprint density at radius 2 is 1.70 bits per heavy atom. The van der Waals surface area contributed by atoms with E-state index in [9.17, 15) is 24.3 Å². The number of carbonyl (C=O) groups excluding carboxylic acids is 3. The molecule has 0 bridgehead atoms. The molecular formula is C36H41N5O6. The van der Waals surface area contributed by atoms with Gasteiger partial charge in [0.25, 0.3) is 0 Å². The number of hydrogen-bond acceptors (Lipinski definition) is 6. The fourth-order valence-electron chi connectivity index (χ4n) is 5.83. The van der Waals surface area contributed by atoms with Crippen molar-refractivity contribution in [3.63, 3.8) is 0 Å². The Hall–Kier alpha value is -5.19. The third-order valence-electron chi connectivity index (χ3n) is 8.33. The molecule has 1 saturated carbocycles. The zero-order valence-corrected chi connectivity index (χ0v) is 26.8. The normalized spacial score (nSPS) is 17.0. The van der Waals surface area contributed by atoms with Crippen LogP contribution in [0, 0.1) is 11.8 Å². The van der Waals surface area contributed by atoms with Crippen LogP contribution < -0.4 is 16.0 Å². The van der Waals surface area contributed by atoms with Crippen LogP contribution in [0.2, 0.25) is 0 Å². The standard InChI is InChI=1S/C36H41N5O6/c1-36(2,3)47-35(46)37-20-22-7-9-25(10-8-22)32(42)40-31(33(43)39-29-16-15-28-21-38-41-30(28)19-29)18-23-5-4-6-27(17-23)24-11-13-26(14-12-24)34(44)45/h4-6,11-17,19,21-22,25,31H,7-10,18,20H2,1-3H3,(H,37,46)(H,38,41)(H,39,43)(H,40,42)(H,44,45)/t22?,25?,31-/m0/s1. The van der Waals surface area contributed by atoms with Gasteiger partial charge in [-0.05, 0) is 99.4 Å². The summed E-state index contributed by atoms with van der Waals surface area (Å²) >= 11 is 0. The Morgan fingerprint density at radius 3 is 2.40 bits per heavy atom. The first-order valence-electron chi connectivity index (χ1n) is 15.9. The number of aromatic nitrogens is 2. The number of hydrogen-bond donors (Lipinski definition) is 5. The minimum absolute atomic E-state index is 0.173. The molecule has 1 aliphatic carbocycles. The van der Waals surface area contributed by atoms with Gasteiger partial charge in [0.1, 0.15) is 11.6 Å². The third kappa shape index (κ3) is 9.18. The molecule has 3 aromatic carbocycles. The van der Waals surface area contributed by atoms with Gasteiger partial charge in [0.15, 0.2) is 0 Å². The lowest BCUT2D eigenvalue weighted by molar-refractivity contribution is -0.130. The number of H-pyrrole nitrogens is 1. The van der Waals surface area contributed by atoms with E-state index in [0.29, 0.717) is 25.1 Å². The smallest absolute Gasteiger partial charge is 0.407 e. The van der Waals surface area contributed by atoms with Crippen LogP contribution in [0.25, 0.3) is 22.0 Å². The predicted molar refractivity (Wildman–Crippen MR) is 179 cm³/mol. The maximum absolute atomic E-state index is 13.7. The van der Waals surface area contributed by atoms with Crippen LogP contribution in [0.4, 0.5) is 10.5 Å². The van der Waals surface area contributed by atoms with Gasteiger partial charge < -0.3 is 25.8 Å². The summed E-state index contributed by atoms with van der Waals surface area (Å²) in [7, 11) is 0. The van der Waals surface area contributed by atoms with E-state index in [-0.39, 0.29) is 35.6 Å². The number of amides is 3. The van der Waals surface area contributed by atoms with Gasteiger partial charge in [0.2, 0.25) is 11.8 Å². The molecule has 246 valence electrons. The van der Waals surface area contributed by atoms with Gasteiger partial charge in [-0.3, -0.25) is 14.7 Å². The number of aromatic amines is 1. The summed E-state index contributed by atoms with van der Waals surface area (Å²) in [4.78, 5) is 50.6. The van der Waals surface area contributed by atoms with E-state index >= 15 is 0 Å². The largest absolute Gasteiger partial charge is 0.478 e. The lowest BCUT2D eigenvalue weighted by Crippen LogP contribution is -2.48. The number of rotatable bonds is 10. The molecule has 3 amide bonds. The van der Waals surface area contributed by atoms with E-state index < -0.39 is 23.7 Å². The number of fused-ring (bicyclic) bond motifs is 1. The van der Waals surface area contributed by atoms with Crippen molar-refractivity contribution in [2.45, 2.75) is 64.5 Å². The Morgan fingerprint density at radius 1 is 0.957 bits per heavy atom. The summed E-state index contributed by atoms with van der Waals surface area (Å²) in [5.74, 6) is -1.51. The first-order chi connectivity index (χ1) is 22.4. The van der Waals surface area contributed by atoms with Gasteiger partial charge in [0.05, 0.1) is 17.3 Å². The number of carboxylic acids is 1. The van der Waals surface area contributed by atoms with E-state index in [0.717, 1.165) is 40.4 Å². The van der Waals surface area contributed by atoms with Crippen molar-refractivity contribution in [2.75, 3.05) is 11.9 Å². The Kier molecular flexibility index (Phi) is 10.2. The molecular weight excluding hydrogens is 598 g/mol. The van der Waals surface area contributed by atoms with Crippen LogP contribution in [-0.2, 0) is 20.7 Å². The van der Waals surface area contributed by atoms with E-state index in [1.165, 1.54) is 0 Å². The van der Waals surface area contributed by atoms with Crippen LogP contribution >= 0.6 is 0 Å². The molecule has 47 heavy (non-hydrogen) atoms. The molecule has 1 fully saturated rings. The number of aromatic carboxylic acids is 1. The minimum atomic E-state index is -0.993. The first-order valence-corrected chi connectivity index (χ1v) is 15.9. The molecule has 1 atom stereocenters. The monoisotopic (exact) mass is 639 g/mol. The van der Waals surface area contributed by atoms with Crippen LogP contribution in [0.3, 0.4) is 0 Å². The number of ether oxygens (including phenoxy) is 1. The summed E-state index contributed by atoms with van der Waals surface area (Å²) in [6, 6.07) is 18.9. The number of carboxylic acid groups (broad SMARTS) is 1. The van der Waals surface area contributed by atoms with Gasteiger partial charge in [-0.15, -0.1) is 0 Å². The van der Waals surface area contributed by atoms with Crippen molar-refractivity contribution in [2.24, 2.45) is 11.8 Å². The van der Waals surface area contributed by atoms with Crippen molar-refractivity contribution in [3.05, 3.63) is 84.1 Å². The molecule has 1 aromatic heterocycles. The maximum Gasteiger partial charge on any atom is 0.407 e. The highest BCUT2D eigenvalue weighted by Gasteiger charge is 2.30. The highest BCUT2D eigenvalue weighted by atomic mass is 16.6. The maximum atomic E-state index is 13.7. The second kappa shape index (κ2) is 14.5. The average Bonchev–Trinajstić information content (AvgIpc) is 3.51. The molecule has 1 aliphatic rings. The van der Waals surface area contributed by atoms with Crippen molar-refractivity contribution in [1.82, 2.24) is 20.8 Å². The lowest BCUT2D eigenvalue weighted by Gasteiger charge is -2.29. The third-order valence-corrected chi connectivity index (χ3v) is 8.33. The highest BCUT2D eigenvalue weighted by Crippen LogP contribution is 2.29. The molecule has 5 N–H and O–H groups in total. The number of benzene rings is 3. The second-order valence-corrected chi connectivity index (χ2v) is 13.1. The average molecular weight is 640 g/mol. The molecule has 0 unspecified atom stereocenters. The zero-order valence-electron chi connectivity index (χ0n) is 26.8. The van der Waals surface area contributed by atoms with Crippen molar-refractivity contribution in [3.8, 4) is 11.1 Å². The van der Waals surface area contributed by atoms with Crippen LogP contribution in [0.5, 0.6) is 0 Å². The summed E-state index contributed by atoms with van der Waals surface area (Å²) in [5, 5.41) is 25.9.